The zero-order chi connectivity index (χ0) is 13.8. The first-order chi connectivity index (χ1) is 9.10. The number of oxazole rings is 1. The molecule has 2 N–H and O–H groups in total. The van der Waals surface area contributed by atoms with Crippen LogP contribution in [0.5, 0.6) is 0 Å². The minimum absolute atomic E-state index is 0.0620. The Morgan fingerprint density at radius 1 is 1.47 bits per heavy atom. The van der Waals surface area contributed by atoms with Crippen molar-refractivity contribution in [3.63, 3.8) is 0 Å². The standard InChI is InChI=1S/C13H16N2O4/c1-3-9-6-15-12(18-9)7-14-8(2)10-4-5-11(19-10)13(16)17/h4-6,8,14H,3,7H2,1-2H3,(H,16,17). The highest BCUT2D eigenvalue weighted by Gasteiger charge is 2.14. The maximum atomic E-state index is 10.7. The Morgan fingerprint density at radius 2 is 2.26 bits per heavy atom. The van der Waals surface area contributed by atoms with Crippen LogP contribution in [0, 0.1) is 0 Å². The second-order valence-electron chi connectivity index (χ2n) is 4.18. The van der Waals surface area contributed by atoms with Crippen LogP contribution in [0.25, 0.3) is 0 Å². The third-order valence-corrected chi connectivity index (χ3v) is 2.77. The lowest BCUT2D eigenvalue weighted by Gasteiger charge is -2.09. The first-order valence-corrected chi connectivity index (χ1v) is 6.10. The van der Waals surface area contributed by atoms with E-state index in [0.29, 0.717) is 18.2 Å². The summed E-state index contributed by atoms with van der Waals surface area (Å²) in [5.41, 5.74) is 0. The predicted molar refractivity (Wildman–Crippen MR) is 66.8 cm³/mol. The van der Waals surface area contributed by atoms with E-state index in [0.717, 1.165) is 12.2 Å². The van der Waals surface area contributed by atoms with Gasteiger partial charge in [0.2, 0.25) is 11.7 Å². The van der Waals surface area contributed by atoms with Gasteiger partial charge in [0.05, 0.1) is 18.8 Å². The van der Waals surface area contributed by atoms with Crippen molar-refractivity contribution >= 4 is 5.97 Å². The Labute approximate surface area is 110 Å². The summed E-state index contributed by atoms with van der Waals surface area (Å²) in [5, 5.41) is 11.9. The molecule has 0 aliphatic rings. The van der Waals surface area contributed by atoms with E-state index in [4.69, 9.17) is 13.9 Å². The number of carboxylic acids is 1. The van der Waals surface area contributed by atoms with Crippen LogP contribution < -0.4 is 5.32 Å². The van der Waals surface area contributed by atoms with E-state index in [1.807, 2.05) is 13.8 Å². The van der Waals surface area contributed by atoms with E-state index in [2.05, 4.69) is 10.3 Å². The van der Waals surface area contributed by atoms with E-state index < -0.39 is 5.97 Å². The highest BCUT2D eigenvalue weighted by Crippen LogP contribution is 2.17. The summed E-state index contributed by atoms with van der Waals surface area (Å²) in [5.74, 6) is 0.885. The number of aromatic carboxylic acids is 1. The highest BCUT2D eigenvalue weighted by atomic mass is 16.4. The molecule has 0 amide bonds. The maximum absolute atomic E-state index is 10.7. The Bertz CT molecular complexity index is 558. The number of aryl methyl sites for hydroxylation is 1. The first kappa shape index (κ1) is 13.4. The van der Waals surface area contributed by atoms with Crippen LogP contribution in [0.15, 0.2) is 27.2 Å². The molecule has 0 bridgehead atoms. The summed E-state index contributed by atoms with van der Waals surface area (Å²) in [6.07, 6.45) is 2.51. The lowest BCUT2D eigenvalue weighted by Crippen LogP contribution is -2.17. The number of carboxylic acid groups (broad SMARTS) is 1. The van der Waals surface area contributed by atoms with Gasteiger partial charge in [-0.2, -0.15) is 0 Å². The van der Waals surface area contributed by atoms with Gasteiger partial charge in [-0.1, -0.05) is 6.92 Å². The fraction of sp³-hybridized carbons (Fsp3) is 0.385. The Kier molecular flexibility index (Phi) is 4.01. The lowest BCUT2D eigenvalue weighted by atomic mass is 10.2. The van der Waals surface area contributed by atoms with Gasteiger partial charge in [-0.05, 0) is 19.1 Å². The monoisotopic (exact) mass is 264 g/mol. The number of nitrogens with zero attached hydrogens (tertiary/aromatic N) is 1. The van der Waals surface area contributed by atoms with E-state index in [9.17, 15) is 4.79 Å². The number of hydrogen-bond acceptors (Lipinski definition) is 5. The molecule has 2 heterocycles. The van der Waals surface area contributed by atoms with Gasteiger partial charge in [-0.3, -0.25) is 5.32 Å². The van der Waals surface area contributed by atoms with Gasteiger partial charge in [0.1, 0.15) is 11.5 Å². The zero-order valence-corrected chi connectivity index (χ0v) is 10.8. The van der Waals surface area contributed by atoms with Crippen molar-refractivity contribution in [3.8, 4) is 0 Å². The van der Waals surface area contributed by atoms with Crippen molar-refractivity contribution in [1.82, 2.24) is 10.3 Å². The van der Waals surface area contributed by atoms with Crippen LogP contribution in [0.1, 0.15) is 47.9 Å². The van der Waals surface area contributed by atoms with E-state index in [1.54, 1.807) is 12.3 Å². The maximum Gasteiger partial charge on any atom is 0.371 e. The molecule has 0 saturated carbocycles. The SMILES string of the molecule is CCc1cnc(CNC(C)c2ccc(C(=O)O)o2)o1. The number of hydrogen-bond donors (Lipinski definition) is 2. The van der Waals surface area contributed by atoms with Crippen molar-refractivity contribution < 1.29 is 18.7 Å². The van der Waals surface area contributed by atoms with Gasteiger partial charge in [-0.15, -0.1) is 0 Å². The van der Waals surface area contributed by atoms with Crippen molar-refractivity contribution in [3.05, 3.63) is 41.5 Å². The summed E-state index contributed by atoms with van der Waals surface area (Å²) in [6.45, 7) is 4.34. The third-order valence-electron chi connectivity index (χ3n) is 2.77. The minimum Gasteiger partial charge on any atom is -0.475 e. The molecule has 19 heavy (non-hydrogen) atoms. The molecule has 1 atom stereocenters. The molecule has 0 fully saturated rings. The van der Waals surface area contributed by atoms with Gasteiger partial charge in [0.15, 0.2) is 0 Å². The molecule has 2 rings (SSSR count). The smallest absolute Gasteiger partial charge is 0.371 e. The Morgan fingerprint density at radius 3 is 2.84 bits per heavy atom. The number of furan rings is 1. The zero-order valence-electron chi connectivity index (χ0n) is 10.8. The first-order valence-electron chi connectivity index (χ1n) is 6.10. The molecule has 0 spiro atoms. The van der Waals surface area contributed by atoms with Crippen LogP contribution in [-0.4, -0.2) is 16.1 Å². The fourth-order valence-electron chi connectivity index (χ4n) is 1.63. The summed E-state index contributed by atoms with van der Waals surface area (Å²) < 4.78 is 10.7. The van der Waals surface area contributed by atoms with Gasteiger partial charge >= 0.3 is 5.97 Å². The van der Waals surface area contributed by atoms with Crippen molar-refractivity contribution in [1.29, 1.82) is 0 Å². The van der Waals surface area contributed by atoms with Crippen molar-refractivity contribution in [2.75, 3.05) is 0 Å². The minimum atomic E-state index is -1.07. The second kappa shape index (κ2) is 5.71. The van der Waals surface area contributed by atoms with Gasteiger partial charge in [0.25, 0.3) is 0 Å². The summed E-state index contributed by atoms with van der Waals surface area (Å²) >= 11 is 0. The van der Waals surface area contributed by atoms with Crippen molar-refractivity contribution in [2.24, 2.45) is 0 Å². The molecule has 1 unspecified atom stereocenters. The second-order valence-corrected chi connectivity index (χ2v) is 4.18. The topological polar surface area (TPSA) is 88.5 Å². The summed E-state index contributed by atoms with van der Waals surface area (Å²) in [4.78, 5) is 14.8. The third kappa shape index (κ3) is 3.23. The molecular formula is C13H16N2O4. The summed E-state index contributed by atoms with van der Waals surface area (Å²) in [6, 6.07) is 2.97. The number of carbonyl (C=O) groups is 1. The van der Waals surface area contributed by atoms with E-state index >= 15 is 0 Å². The Hall–Kier alpha value is -2.08. The molecule has 0 aromatic carbocycles. The Balaban J connectivity index is 1.92. The lowest BCUT2D eigenvalue weighted by molar-refractivity contribution is 0.0659. The largest absolute Gasteiger partial charge is 0.475 e. The average Bonchev–Trinajstić information content (AvgIpc) is 3.04. The van der Waals surface area contributed by atoms with E-state index in [1.165, 1.54) is 6.07 Å². The number of aromatic nitrogens is 1. The van der Waals surface area contributed by atoms with Gasteiger partial charge < -0.3 is 13.9 Å². The van der Waals surface area contributed by atoms with Crippen LogP contribution in [0.4, 0.5) is 0 Å². The van der Waals surface area contributed by atoms with Crippen molar-refractivity contribution in [2.45, 2.75) is 32.9 Å². The molecule has 2 aromatic heterocycles. The van der Waals surface area contributed by atoms with Gasteiger partial charge in [0, 0.05) is 6.42 Å². The molecule has 6 nitrogen and oxygen atoms in total. The normalized spacial score (nSPS) is 12.5. The highest BCUT2D eigenvalue weighted by molar-refractivity contribution is 5.84. The van der Waals surface area contributed by atoms with Crippen LogP contribution >= 0.6 is 0 Å². The molecule has 0 radical (unpaired) electrons. The molecular weight excluding hydrogens is 248 g/mol. The molecule has 0 aliphatic heterocycles. The predicted octanol–water partition coefficient (Wildman–Crippen LogP) is 2.38. The summed E-state index contributed by atoms with van der Waals surface area (Å²) in [7, 11) is 0. The van der Waals surface area contributed by atoms with Crippen LogP contribution in [0.3, 0.4) is 0 Å². The number of nitrogens with one attached hydrogen (secondary N) is 1. The molecule has 102 valence electrons. The molecule has 6 heteroatoms. The molecule has 2 aromatic rings. The molecule has 0 aliphatic carbocycles. The van der Waals surface area contributed by atoms with E-state index in [-0.39, 0.29) is 11.8 Å². The quantitative estimate of drug-likeness (QED) is 0.832. The number of rotatable bonds is 6. The van der Waals surface area contributed by atoms with Gasteiger partial charge in [-0.25, -0.2) is 9.78 Å². The van der Waals surface area contributed by atoms with Crippen LogP contribution in [-0.2, 0) is 13.0 Å². The van der Waals surface area contributed by atoms with Crippen LogP contribution in [0.2, 0.25) is 0 Å². The fourth-order valence-corrected chi connectivity index (χ4v) is 1.63. The average molecular weight is 264 g/mol. The molecule has 0 saturated heterocycles.